The maximum atomic E-state index is 7.18. The van der Waals surface area contributed by atoms with Gasteiger partial charge in [-0.05, 0) is 127 Å². The molecule has 0 aliphatic rings. The summed E-state index contributed by atoms with van der Waals surface area (Å²) in [7, 11) is -3.19. The van der Waals surface area contributed by atoms with Gasteiger partial charge in [-0.3, -0.25) is 0 Å². The molecule has 0 saturated carbocycles. The lowest BCUT2D eigenvalue weighted by Gasteiger charge is -2.30. The van der Waals surface area contributed by atoms with Crippen LogP contribution in [0.4, 0.5) is 0 Å². The Morgan fingerprint density at radius 3 is 0.800 bits per heavy atom. The zero-order valence-corrected chi connectivity index (χ0v) is 48.3. The van der Waals surface area contributed by atoms with E-state index in [1.807, 2.05) is 0 Å². The molecule has 70 heavy (non-hydrogen) atoms. The molecule has 0 bridgehead atoms. The van der Waals surface area contributed by atoms with Crippen LogP contribution in [0.3, 0.4) is 0 Å². The molecule has 0 N–H and O–H groups in total. The summed E-state index contributed by atoms with van der Waals surface area (Å²) in [6.07, 6.45) is 1.93. The molecule has 0 amide bonds. The van der Waals surface area contributed by atoms with E-state index in [9.17, 15) is 0 Å². The molecule has 374 valence electrons. The van der Waals surface area contributed by atoms with Gasteiger partial charge in [0.25, 0.3) is 0 Å². The highest BCUT2D eigenvalue weighted by Crippen LogP contribution is 2.49. The Labute approximate surface area is 427 Å². The average Bonchev–Trinajstić information content (AvgIpc) is 3.27. The Morgan fingerprint density at radius 2 is 0.557 bits per heavy atom. The first-order chi connectivity index (χ1) is 32.4. The van der Waals surface area contributed by atoms with E-state index in [4.69, 9.17) is 18.1 Å². The SMILES string of the molecule is CCc1ccc(OP(Oc2ccc(CC)cc2C(C)(C)C)c2ccc(-c3ccc(P(Oc4ccc(C(C)(C)C)cc4C(C)(C)C)Oc4ccc(C(C)(C)C)cc4C(C)(C)C)cc3)cc2)c(C(C)(C)C)c1. The molecule has 0 spiro atoms. The van der Waals surface area contributed by atoms with E-state index in [0.29, 0.717) is 0 Å². The average molecular weight is 979 g/mol. The first kappa shape index (κ1) is 54.7. The predicted octanol–water partition coefficient (Wildman–Crippen LogP) is 18.5. The van der Waals surface area contributed by atoms with Crippen molar-refractivity contribution >= 4 is 27.4 Å². The van der Waals surface area contributed by atoms with Gasteiger partial charge < -0.3 is 18.1 Å². The number of hydrogen-bond acceptors (Lipinski definition) is 4. The van der Waals surface area contributed by atoms with Crippen LogP contribution in [-0.4, -0.2) is 0 Å². The Kier molecular flexibility index (Phi) is 16.3. The molecule has 6 rings (SSSR count). The molecule has 0 heterocycles. The Bertz CT molecular complexity index is 2580. The zero-order chi connectivity index (χ0) is 51.8. The second-order valence-electron chi connectivity index (χ2n) is 25.3. The second kappa shape index (κ2) is 20.8. The van der Waals surface area contributed by atoms with Crippen molar-refractivity contribution in [2.24, 2.45) is 0 Å². The minimum atomic E-state index is -1.61. The van der Waals surface area contributed by atoms with Crippen molar-refractivity contribution in [3.8, 4) is 34.1 Å². The van der Waals surface area contributed by atoms with E-state index >= 15 is 0 Å². The fraction of sp³-hybridized carbons (Fsp3) is 0.438. The number of benzene rings is 6. The fourth-order valence-electron chi connectivity index (χ4n) is 8.41. The number of rotatable bonds is 13. The normalized spacial score (nSPS) is 12.9. The van der Waals surface area contributed by atoms with Gasteiger partial charge in [0, 0.05) is 22.3 Å². The molecule has 4 nitrogen and oxygen atoms in total. The van der Waals surface area contributed by atoms with Crippen molar-refractivity contribution in [1.29, 1.82) is 0 Å². The van der Waals surface area contributed by atoms with Crippen LogP contribution in [0.15, 0.2) is 121 Å². The van der Waals surface area contributed by atoms with Crippen LogP contribution in [0.25, 0.3) is 11.1 Å². The third-order valence-corrected chi connectivity index (χ3v) is 15.9. The molecular formula is C64H84O4P2. The van der Waals surface area contributed by atoms with Crippen molar-refractivity contribution in [3.63, 3.8) is 0 Å². The maximum Gasteiger partial charge on any atom is 0.326 e. The van der Waals surface area contributed by atoms with Gasteiger partial charge in [0.05, 0.1) is 10.6 Å². The van der Waals surface area contributed by atoms with Crippen molar-refractivity contribution in [2.45, 2.75) is 184 Å². The third-order valence-electron chi connectivity index (χ3n) is 13.0. The molecule has 0 fully saturated rings. The number of aryl methyl sites for hydroxylation is 2. The van der Waals surface area contributed by atoms with Gasteiger partial charge in [-0.15, -0.1) is 0 Å². The topological polar surface area (TPSA) is 36.9 Å². The summed E-state index contributed by atoms with van der Waals surface area (Å²) >= 11 is 0. The number of hydrogen-bond donors (Lipinski definition) is 0. The highest BCUT2D eigenvalue weighted by Gasteiger charge is 2.31. The van der Waals surface area contributed by atoms with Crippen LogP contribution in [0.2, 0.25) is 0 Å². The molecule has 0 aromatic heterocycles. The Balaban J connectivity index is 1.40. The summed E-state index contributed by atoms with van der Waals surface area (Å²) in [5, 5.41) is 1.99. The molecule has 0 atom stereocenters. The minimum absolute atomic E-state index is 0.000816. The molecule has 0 aliphatic heterocycles. The highest BCUT2D eigenvalue weighted by molar-refractivity contribution is 7.57. The monoisotopic (exact) mass is 979 g/mol. The van der Waals surface area contributed by atoms with Crippen LogP contribution >= 0.6 is 16.8 Å². The van der Waals surface area contributed by atoms with E-state index < -0.39 is 16.8 Å². The van der Waals surface area contributed by atoms with Crippen molar-refractivity contribution in [1.82, 2.24) is 0 Å². The largest absolute Gasteiger partial charge is 0.435 e. The summed E-state index contributed by atoms with van der Waals surface area (Å²) in [6.45, 7) is 45.0. The first-order valence-electron chi connectivity index (χ1n) is 25.5. The quantitative estimate of drug-likeness (QED) is 0.108. The zero-order valence-electron chi connectivity index (χ0n) is 46.5. The van der Waals surface area contributed by atoms with Crippen molar-refractivity contribution < 1.29 is 18.1 Å². The summed E-state index contributed by atoms with van der Waals surface area (Å²) < 4.78 is 28.5. The Morgan fingerprint density at radius 1 is 0.300 bits per heavy atom. The summed E-state index contributed by atoms with van der Waals surface area (Å²) in [5.41, 5.74) is 11.5. The molecule has 6 heteroatoms. The fourth-order valence-corrected chi connectivity index (χ4v) is 11.0. The molecular weight excluding hydrogens is 895 g/mol. The van der Waals surface area contributed by atoms with Crippen molar-refractivity contribution in [3.05, 3.63) is 166 Å². The highest BCUT2D eigenvalue weighted by atomic mass is 31.2. The van der Waals surface area contributed by atoms with Crippen LogP contribution in [0.1, 0.15) is 183 Å². The lowest BCUT2D eigenvalue weighted by atomic mass is 9.80. The van der Waals surface area contributed by atoms with Gasteiger partial charge >= 0.3 is 16.8 Å². The predicted molar refractivity (Wildman–Crippen MR) is 304 cm³/mol. The molecule has 0 radical (unpaired) electrons. The van der Waals surface area contributed by atoms with E-state index in [1.165, 1.54) is 44.5 Å². The van der Waals surface area contributed by atoms with E-state index in [2.05, 4.69) is 260 Å². The summed E-state index contributed by atoms with van der Waals surface area (Å²) in [4.78, 5) is 0. The second-order valence-corrected chi connectivity index (χ2v) is 28.1. The van der Waals surface area contributed by atoms with Crippen LogP contribution in [-0.2, 0) is 45.3 Å². The van der Waals surface area contributed by atoms with Crippen LogP contribution < -0.4 is 28.7 Å². The van der Waals surface area contributed by atoms with Gasteiger partial charge in [-0.1, -0.05) is 211 Å². The lowest BCUT2D eigenvalue weighted by Crippen LogP contribution is -2.20. The van der Waals surface area contributed by atoms with Gasteiger partial charge in [0.1, 0.15) is 23.0 Å². The molecule has 0 saturated heterocycles. The standard InChI is InChI=1S/C64H84O4P2/c1-21-43-23-35-55(51(39-43)61(9,10)11)65-69(66-56-36-24-44(22-2)40-52(56)62(12,13)14)49-31-25-45(26-32-49)46-27-33-50(34-28-46)70(67-57-37-29-47(59(3,4)5)41-53(57)63(15,16)17)68-58-38-30-48(60(6,7)8)42-54(58)64(18,19)20/h23-42H,21-22H2,1-20H3. The molecule has 0 unspecified atom stereocenters. The minimum Gasteiger partial charge on any atom is -0.435 e. The van der Waals surface area contributed by atoms with Crippen LogP contribution in [0.5, 0.6) is 23.0 Å². The maximum absolute atomic E-state index is 7.18. The van der Waals surface area contributed by atoms with Crippen LogP contribution in [0, 0.1) is 0 Å². The van der Waals surface area contributed by atoms with Gasteiger partial charge in [0.15, 0.2) is 0 Å². The Hall–Kier alpha value is -4.62. The molecule has 0 aliphatic carbocycles. The van der Waals surface area contributed by atoms with E-state index in [-0.39, 0.29) is 32.5 Å². The first-order valence-corrected chi connectivity index (χ1v) is 27.8. The molecule has 6 aromatic rings. The van der Waals surface area contributed by atoms with Gasteiger partial charge in [0.2, 0.25) is 0 Å². The smallest absolute Gasteiger partial charge is 0.326 e. The van der Waals surface area contributed by atoms with E-state index in [0.717, 1.165) is 57.6 Å². The van der Waals surface area contributed by atoms with Gasteiger partial charge in [-0.25, -0.2) is 0 Å². The lowest BCUT2D eigenvalue weighted by molar-refractivity contribution is 0.466. The summed E-state index contributed by atoms with van der Waals surface area (Å²) in [5.74, 6) is 3.42. The summed E-state index contributed by atoms with van der Waals surface area (Å²) in [6, 6.07) is 44.1. The van der Waals surface area contributed by atoms with E-state index in [1.54, 1.807) is 0 Å². The van der Waals surface area contributed by atoms with Crippen molar-refractivity contribution in [2.75, 3.05) is 0 Å². The third kappa shape index (κ3) is 13.5. The van der Waals surface area contributed by atoms with Gasteiger partial charge in [-0.2, -0.15) is 0 Å². The molecule has 6 aromatic carbocycles.